The van der Waals surface area contributed by atoms with Crippen molar-refractivity contribution in [1.82, 2.24) is 15.0 Å². The number of carbonyl (C=O) groups excluding carboxylic acids is 2. The molecule has 1 aliphatic heterocycles. The fourth-order valence-electron chi connectivity index (χ4n) is 2.15. The molecule has 0 spiro atoms. The number of aryl methyl sites for hydroxylation is 1. The van der Waals surface area contributed by atoms with Crippen molar-refractivity contribution in [2.45, 2.75) is 19.9 Å². The minimum Gasteiger partial charge on any atom is -0.361 e. The zero-order valence-corrected chi connectivity index (χ0v) is 10.8. The summed E-state index contributed by atoms with van der Waals surface area (Å²) in [5.41, 5.74) is 0.723. The zero-order chi connectivity index (χ0) is 13.3. The number of nitrogens with zero attached hydrogens (tertiary/aromatic N) is 3. The smallest absolute Gasteiger partial charge is 0.228 e. The molecule has 2 amide bonds. The molecule has 1 aliphatic rings. The molecule has 0 saturated carbocycles. The average Bonchev–Trinajstić information content (AvgIpc) is 2.85. The first-order valence-corrected chi connectivity index (χ1v) is 5.88. The lowest BCUT2D eigenvalue weighted by atomic mass is 10.1. The van der Waals surface area contributed by atoms with Gasteiger partial charge in [-0.1, -0.05) is 5.16 Å². The fraction of sp³-hybridized carbons (Fsp3) is 0.583. The Bertz CT molecular complexity index is 469. The van der Waals surface area contributed by atoms with Crippen molar-refractivity contribution in [3.05, 3.63) is 17.5 Å². The molecule has 0 bridgehead atoms. The molecular formula is C12H17N3O3. The van der Waals surface area contributed by atoms with Gasteiger partial charge < -0.3 is 14.3 Å². The SMILES string of the molecule is Cc1cc(CN(C)C(=O)C2CC(=O)N(C)C2)no1. The lowest BCUT2D eigenvalue weighted by Crippen LogP contribution is -2.33. The van der Waals surface area contributed by atoms with Crippen LogP contribution in [0.2, 0.25) is 0 Å². The van der Waals surface area contributed by atoms with E-state index >= 15 is 0 Å². The second-order valence-corrected chi connectivity index (χ2v) is 4.80. The molecule has 1 aromatic heterocycles. The Morgan fingerprint density at radius 1 is 1.67 bits per heavy atom. The molecule has 98 valence electrons. The lowest BCUT2D eigenvalue weighted by Gasteiger charge is -2.19. The van der Waals surface area contributed by atoms with Gasteiger partial charge in [-0.15, -0.1) is 0 Å². The maximum absolute atomic E-state index is 12.1. The Morgan fingerprint density at radius 2 is 2.39 bits per heavy atom. The summed E-state index contributed by atoms with van der Waals surface area (Å²) >= 11 is 0. The van der Waals surface area contributed by atoms with Crippen LogP contribution in [-0.4, -0.2) is 47.4 Å². The van der Waals surface area contributed by atoms with Gasteiger partial charge in [-0.05, 0) is 6.92 Å². The van der Waals surface area contributed by atoms with E-state index < -0.39 is 0 Å². The molecule has 6 heteroatoms. The molecule has 0 aliphatic carbocycles. The van der Waals surface area contributed by atoms with Crippen molar-refractivity contribution in [3.63, 3.8) is 0 Å². The summed E-state index contributed by atoms with van der Waals surface area (Å²) in [4.78, 5) is 26.7. The minimum atomic E-state index is -0.236. The van der Waals surface area contributed by atoms with Crippen LogP contribution < -0.4 is 0 Å². The summed E-state index contributed by atoms with van der Waals surface area (Å²) in [5, 5.41) is 3.85. The summed E-state index contributed by atoms with van der Waals surface area (Å²) in [6, 6.07) is 1.80. The van der Waals surface area contributed by atoms with Crippen molar-refractivity contribution < 1.29 is 14.1 Å². The van der Waals surface area contributed by atoms with Gasteiger partial charge in [0, 0.05) is 33.1 Å². The number of hydrogen-bond donors (Lipinski definition) is 0. The number of amides is 2. The van der Waals surface area contributed by atoms with E-state index in [1.165, 1.54) is 0 Å². The highest BCUT2D eigenvalue weighted by Gasteiger charge is 2.33. The maximum atomic E-state index is 12.1. The highest BCUT2D eigenvalue weighted by atomic mass is 16.5. The van der Waals surface area contributed by atoms with Gasteiger partial charge in [-0.2, -0.15) is 0 Å². The van der Waals surface area contributed by atoms with Gasteiger partial charge >= 0.3 is 0 Å². The third-order valence-corrected chi connectivity index (χ3v) is 3.14. The van der Waals surface area contributed by atoms with Gasteiger partial charge in [0.05, 0.1) is 12.5 Å². The second kappa shape index (κ2) is 4.80. The molecule has 1 aromatic rings. The van der Waals surface area contributed by atoms with E-state index in [1.54, 1.807) is 30.0 Å². The monoisotopic (exact) mass is 251 g/mol. The predicted molar refractivity (Wildman–Crippen MR) is 63.5 cm³/mol. The van der Waals surface area contributed by atoms with E-state index in [4.69, 9.17) is 4.52 Å². The summed E-state index contributed by atoms with van der Waals surface area (Å²) in [6.45, 7) is 2.72. The lowest BCUT2D eigenvalue weighted by molar-refractivity contribution is -0.135. The van der Waals surface area contributed by atoms with Crippen LogP contribution in [0.4, 0.5) is 0 Å². The third kappa shape index (κ3) is 2.52. The standard InChI is InChI=1S/C12H17N3O3/c1-8-4-10(13-18-8)7-15(3)12(17)9-5-11(16)14(2)6-9/h4,9H,5-7H2,1-3H3. The first kappa shape index (κ1) is 12.6. The normalized spacial score (nSPS) is 19.4. The Balaban J connectivity index is 1.95. The minimum absolute atomic E-state index is 0.0200. The topological polar surface area (TPSA) is 66.7 Å². The first-order chi connectivity index (χ1) is 8.47. The van der Waals surface area contributed by atoms with Crippen molar-refractivity contribution in [2.24, 2.45) is 5.92 Å². The molecule has 2 rings (SSSR count). The molecule has 1 fully saturated rings. The van der Waals surface area contributed by atoms with Crippen molar-refractivity contribution >= 4 is 11.8 Å². The van der Waals surface area contributed by atoms with Crippen molar-refractivity contribution in [3.8, 4) is 0 Å². The van der Waals surface area contributed by atoms with E-state index in [0.717, 1.165) is 11.5 Å². The van der Waals surface area contributed by atoms with Gasteiger partial charge in [0.1, 0.15) is 11.5 Å². The van der Waals surface area contributed by atoms with Crippen molar-refractivity contribution in [2.75, 3.05) is 20.6 Å². The number of rotatable bonds is 3. The van der Waals surface area contributed by atoms with Crippen LogP contribution in [0.5, 0.6) is 0 Å². The second-order valence-electron chi connectivity index (χ2n) is 4.80. The van der Waals surface area contributed by atoms with Crippen LogP contribution in [-0.2, 0) is 16.1 Å². The van der Waals surface area contributed by atoms with E-state index in [0.29, 0.717) is 19.5 Å². The molecule has 0 aromatic carbocycles. The van der Waals surface area contributed by atoms with Gasteiger partial charge in [0.15, 0.2) is 0 Å². The maximum Gasteiger partial charge on any atom is 0.228 e. The largest absolute Gasteiger partial charge is 0.361 e. The van der Waals surface area contributed by atoms with Crippen LogP contribution in [0.15, 0.2) is 10.6 Å². The van der Waals surface area contributed by atoms with Crippen LogP contribution in [0.25, 0.3) is 0 Å². The van der Waals surface area contributed by atoms with E-state index in [-0.39, 0.29) is 17.7 Å². The number of aromatic nitrogens is 1. The van der Waals surface area contributed by atoms with E-state index in [9.17, 15) is 9.59 Å². The van der Waals surface area contributed by atoms with Crippen molar-refractivity contribution in [1.29, 1.82) is 0 Å². The third-order valence-electron chi connectivity index (χ3n) is 3.14. The van der Waals surface area contributed by atoms with Gasteiger partial charge in [0.25, 0.3) is 0 Å². The van der Waals surface area contributed by atoms with Gasteiger partial charge in [-0.25, -0.2) is 0 Å². The summed E-state index contributed by atoms with van der Waals surface area (Å²) in [5.74, 6) is 0.495. The number of likely N-dealkylation sites (tertiary alicyclic amines) is 1. The molecule has 18 heavy (non-hydrogen) atoms. The fourth-order valence-corrected chi connectivity index (χ4v) is 2.15. The van der Waals surface area contributed by atoms with E-state index in [1.807, 2.05) is 6.92 Å². The van der Waals surface area contributed by atoms with E-state index in [2.05, 4.69) is 5.16 Å². The van der Waals surface area contributed by atoms with Crippen LogP contribution in [0.3, 0.4) is 0 Å². The Hall–Kier alpha value is -1.85. The Morgan fingerprint density at radius 3 is 2.89 bits per heavy atom. The van der Waals surface area contributed by atoms with Crippen LogP contribution >= 0.6 is 0 Å². The van der Waals surface area contributed by atoms with Gasteiger partial charge in [0.2, 0.25) is 11.8 Å². The quantitative estimate of drug-likeness (QED) is 0.781. The molecule has 0 radical (unpaired) electrons. The molecule has 1 unspecified atom stereocenters. The Labute approximate surface area is 106 Å². The summed E-state index contributed by atoms with van der Waals surface area (Å²) < 4.78 is 4.95. The highest BCUT2D eigenvalue weighted by Crippen LogP contribution is 2.19. The predicted octanol–water partition coefficient (Wildman–Crippen LogP) is 0.420. The molecule has 2 heterocycles. The molecular weight excluding hydrogens is 234 g/mol. The molecule has 6 nitrogen and oxygen atoms in total. The molecule has 1 atom stereocenters. The number of carbonyl (C=O) groups is 2. The average molecular weight is 251 g/mol. The zero-order valence-electron chi connectivity index (χ0n) is 10.8. The van der Waals surface area contributed by atoms with Crippen LogP contribution in [0, 0.1) is 12.8 Å². The molecule has 0 N–H and O–H groups in total. The highest BCUT2D eigenvalue weighted by molar-refractivity contribution is 5.88. The number of hydrogen-bond acceptors (Lipinski definition) is 4. The summed E-state index contributed by atoms with van der Waals surface area (Å²) in [6.07, 6.45) is 0.303. The van der Waals surface area contributed by atoms with Crippen LogP contribution in [0.1, 0.15) is 17.9 Å². The van der Waals surface area contributed by atoms with Gasteiger partial charge in [-0.3, -0.25) is 9.59 Å². The first-order valence-electron chi connectivity index (χ1n) is 5.88. The summed E-state index contributed by atoms with van der Waals surface area (Å²) in [7, 11) is 3.44. The Kier molecular flexibility index (Phi) is 3.36. The molecule has 1 saturated heterocycles.